The van der Waals surface area contributed by atoms with E-state index in [0.29, 0.717) is 0 Å². The number of alkyl halides is 2. The van der Waals surface area contributed by atoms with E-state index in [0.717, 1.165) is 0 Å². The molecule has 1 atom stereocenters. The number of halogens is 2. The minimum Gasteiger partial charge on any atom is -0.460 e. The molecule has 0 aliphatic rings. The van der Waals surface area contributed by atoms with Crippen molar-refractivity contribution in [3.63, 3.8) is 0 Å². The third-order valence-corrected chi connectivity index (χ3v) is 1.08. The lowest BCUT2D eigenvalue weighted by molar-refractivity contribution is -0.147. The standard InChI is InChI=1S/C5H8BrFO3/c1-9-2-3-10-5(8)4(6)7/h4H,2-3H2,1H3. The molecule has 0 aromatic heterocycles. The maximum absolute atomic E-state index is 11.9. The molecule has 0 amide bonds. The van der Waals surface area contributed by atoms with E-state index >= 15 is 0 Å². The highest BCUT2D eigenvalue weighted by atomic mass is 79.9. The van der Waals surface area contributed by atoms with Crippen molar-refractivity contribution in [2.24, 2.45) is 0 Å². The van der Waals surface area contributed by atoms with Gasteiger partial charge in [0.15, 0.2) is 0 Å². The second-order valence-electron chi connectivity index (χ2n) is 1.46. The van der Waals surface area contributed by atoms with Gasteiger partial charge in [0.25, 0.3) is 5.08 Å². The van der Waals surface area contributed by atoms with Crippen molar-refractivity contribution in [2.45, 2.75) is 5.08 Å². The lowest BCUT2D eigenvalue weighted by atomic mass is 10.7. The van der Waals surface area contributed by atoms with E-state index in [1.807, 2.05) is 0 Å². The largest absolute Gasteiger partial charge is 0.460 e. The monoisotopic (exact) mass is 214 g/mol. The quantitative estimate of drug-likeness (QED) is 0.396. The fourth-order valence-electron chi connectivity index (χ4n) is 0.289. The van der Waals surface area contributed by atoms with Crippen molar-refractivity contribution >= 4 is 21.9 Å². The second kappa shape index (κ2) is 5.61. The molecule has 0 aromatic carbocycles. The van der Waals surface area contributed by atoms with Crippen LogP contribution in [0.15, 0.2) is 0 Å². The Hall–Kier alpha value is -0.160. The van der Waals surface area contributed by atoms with Gasteiger partial charge in [0.1, 0.15) is 6.61 Å². The number of esters is 1. The van der Waals surface area contributed by atoms with E-state index in [1.165, 1.54) is 7.11 Å². The van der Waals surface area contributed by atoms with Crippen molar-refractivity contribution in [1.82, 2.24) is 0 Å². The summed E-state index contributed by atoms with van der Waals surface area (Å²) in [5.74, 6) is -0.919. The number of hydrogen-bond donors (Lipinski definition) is 0. The van der Waals surface area contributed by atoms with Gasteiger partial charge in [0.05, 0.1) is 6.61 Å². The summed E-state index contributed by atoms with van der Waals surface area (Å²) in [5.41, 5.74) is 0. The van der Waals surface area contributed by atoms with Gasteiger partial charge in [-0.1, -0.05) is 0 Å². The van der Waals surface area contributed by atoms with Crippen LogP contribution in [0.25, 0.3) is 0 Å². The molecule has 0 aliphatic heterocycles. The lowest BCUT2D eigenvalue weighted by Crippen LogP contribution is -2.15. The molecule has 1 unspecified atom stereocenters. The first kappa shape index (κ1) is 9.84. The summed E-state index contributed by atoms with van der Waals surface area (Å²) < 4.78 is 20.8. The molecule has 0 spiro atoms. The van der Waals surface area contributed by atoms with Crippen LogP contribution < -0.4 is 0 Å². The first-order valence-corrected chi connectivity index (χ1v) is 3.53. The Balaban J connectivity index is 3.22. The molecule has 0 saturated heterocycles. The normalized spacial score (nSPS) is 12.7. The number of carbonyl (C=O) groups is 1. The number of rotatable bonds is 4. The van der Waals surface area contributed by atoms with Gasteiger partial charge in [-0.2, -0.15) is 0 Å². The molecule has 0 N–H and O–H groups in total. The number of ether oxygens (including phenoxy) is 2. The molecule has 0 aliphatic carbocycles. The van der Waals surface area contributed by atoms with Crippen LogP contribution in [-0.2, 0) is 14.3 Å². The highest BCUT2D eigenvalue weighted by Gasteiger charge is 2.13. The number of hydrogen-bond acceptors (Lipinski definition) is 3. The molecule has 60 valence electrons. The van der Waals surface area contributed by atoms with E-state index < -0.39 is 11.1 Å². The molecule has 0 fully saturated rings. The molecule has 10 heavy (non-hydrogen) atoms. The third-order valence-electron chi connectivity index (χ3n) is 0.710. The van der Waals surface area contributed by atoms with E-state index in [-0.39, 0.29) is 13.2 Å². The molecule has 0 saturated carbocycles. The minimum atomic E-state index is -1.73. The number of carbonyl (C=O) groups excluding carboxylic acids is 1. The van der Waals surface area contributed by atoms with Crippen LogP contribution in [0, 0.1) is 0 Å². The van der Waals surface area contributed by atoms with Crippen molar-refractivity contribution in [1.29, 1.82) is 0 Å². The molecule has 0 heterocycles. The first-order valence-electron chi connectivity index (χ1n) is 2.62. The van der Waals surface area contributed by atoms with Crippen molar-refractivity contribution in [2.75, 3.05) is 20.3 Å². The van der Waals surface area contributed by atoms with E-state index in [2.05, 4.69) is 25.4 Å². The molecule has 0 aromatic rings. The number of methoxy groups -OCH3 is 1. The Morgan fingerprint density at radius 2 is 2.30 bits per heavy atom. The Labute approximate surface area is 66.6 Å². The van der Waals surface area contributed by atoms with Crippen molar-refractivity contribution in [3.05, 3.63) is 0 Å². The Kier molecular flexibility index (Phi) is 5.52. The van der Waals surface area contributed by atoms with Gasteiger partial charge >= 0.3 is 5.97 Å². The van der Waals surface area contributed by atoms with Crippen LogP contribution in [-0.4, -0.2) is 31.4 Å². The maximum atomic E-state index is 11.9. The highest BCUT2D eigenvalue weighted by molar-refractivity contribution is 9.09. The lowest BCUT2D eigenvalue weighted by Gasteiger charge is -2.02. The van der Waals surface area contributed by atoms with Gasteiger partial charge in [-0.3, -0.25) is 0 Å². The highest BCUT2D eigenvalue weighted by Crippen LogP contribution is 2.02. The Morgan fingerprint density at radius 3 is 2.70 bits per heavy atom. The predicted molar refractivity (Wildman–Crippen MR) is 36.7 cm³/mol. The second-order valence-corrected chi connectivity index (χ2v) is 2.26. The van der Waals surface area contributed by atoms with Crippen molar-refractivity contribution in [3.8, 4) is 0 Å². The van der Waals surface area contributed by atoms with Gasteiger partial charge < -0.3 is 9.47 Å². The maximum Gasteiger partial charge on any atom is 0.352 e. The first-order chi connectivity index (χ1) is 4.68. The molecule has 5 heteroatoms. The smallest absolute Gasteiger partial charge is 0.352 e. The Bertz CT molecular complexity index is 107. The SMILES string of the molecule is COCCOC(=O)C(F)Br. The average molecular weight is 215 g/mol. The van der Waals surface area contributed by atoms with Gasteiger partial charge in [-0.05, 0) is 15.9 Å². The zero-order valence-corrected chi connectivity index (χ0v) is 7.06. The van der Waals surface area contributed by atoms with Crippen LogP contribution in [0.2, 0.25) is 0 Å². The summed E-state index contributed by atoms with van der Waals surface area (Å²) >= 11 is 2.41. The summed E-state index contributed by atoms with van der Waals surface area (Å²) in [6.45, 7) is 0.368. The molecular formula is C5H8BrFO3. The van der Waals surface area contributed by atoms with Gasteiger partial charge in [0.2, 0.25) is 0 Å². The summed E-state index contributed by atoms with van der Waals surface area (Å²) in [4.78, 5) is 10.3. The third kappa shape index (κ3) is 4.69. The predicted octanol–water partition coefficient (Wildman–Crippen LogP) is 0.867. The van der Waals surface area contributed by atoms with E-state index in [9.17, 15) is 9.18 Å². The van der Waals surface area contributed by atoms with Crippen LogP contribution >= 0.6 is 15.9 Å². The van der Waals surface area contributed by atoms with E-state index in [1.54, 1.807) is 0 Å². The summed E-state index contributed by atoms with van der Waals surface area (Å²) in [5, 5.41) is -1.73. The van der Waals surface area contributed by atoms with Gasteiger partial charge in [-0.25, -0.2) is 9.18 Å². The molecule has 0 bridgehead atoms. The fourth-order valence-corrected chi connectivity index (χ4v) is 0.421. The molecule has 0 radical (unpaired) electrons. The molecule has 3 nitrogen and oxygen atoms in total. The minimum absolute atomic E-state index is 0.0847. The fraction of sp³-hybridized carbons (Fsp3) is 0.800. The molecule has 0 rings (SSSR count). The zero-order chi connectivity index (χ0) is 7.98. The van der Waals surface area contributed by atoms with E-state index in [4.69, 9.17) is 0 Å². The van der Waals surface area contributed by atoms with Gasteiger partial charge in [0, 0.05) is 7.11 Å². The van der Waals surface area contributed by atoms with Gasteiger partial charge in [-0.15, -0.1) is 0 Å². The average Bonchev–Trinajstić information content (AvgIpc) is 1.88. The van der Waals surface area contributed by atoms with Crippen LogP contribution in [0.4, 0.5) is 4.39 Å². The Morgan fingerprint density at radius 1 is 1.70 bits per heavy atom. The van der Waals surface area contributed by atoms with Crippen molar-refractivity contribution < 1.29 is 18.7 Å². The summed E-state index contributed by atoms with van der Waals surface area (Å²) in [6.07, 6.45) is 0. The van der Waals surface area contributed by atoms with Crippen LogP contribution in [0.1, 0.15) is 0 Å². The topological polar surface area (TPSA) is 35.5 Å². The molecular weight excluding hydrogens is 207 g/mol. The summed E-state index contributed by atoms with van der Waals surface area (Å²) in [6, 6.07) is 0. The summed E-state index contributed by atoms with van der Waals surface area (Å²) in [7, 11) is 1.47. The van der Waals surface area contributed by atoms with Crippen LogP contribution in [0.3, 0.4) is 0 Å². The zero-order valence-electron chi connectivity index (χ0n) is 5.47. The van der Waals surface area contributed by atoms with Crippen LogP contribution in [0.5, 0.6) is 0 Å².